The second kappa shape index (κ2) is 4.59. The molecule has 0 aliphatic heterocycles. The van der Waals surface area contributed by atoms with Gasteiger partial charge in [-0.15, -0.1) is 0 Å². The Hall–Kier alpha value is -1.85. The van der Waals surface area contributed by atoms with Crippen LogP contribution in [0.3, 0.4) is 0 Å². The van der Waals surface area contributed by atoms with Gasteiger partial charge in [-0.05, 0) is 13.8 Å². The molecule has 0 saturated heterocycles. The lowest BCUT2D eigenvalue weighted by molar-refractivity contribution is -0.118. The van der Waals surface area contributed by atoms with Crippen molar-refractivity contribution in [2.45, 2.75) is 19.9 Å². The van der Waals surface area contributed by atoms with Crippen LogP contribution >= 0.6 is 0 Å². The number of hydrogen-bond donors (Lipinski definition) is 3. The number of nitrogens with one attached hydrogen (secondary N) is 2. The summed E-state index contributed by atoms with van der Waals surface area (Å²) in [7, 11) is 1.73. The molecule has 1 amide bonds. The van der Waals surface area contributed by atoms with E-state index in [1.165, 1.54) is 0 Å². The minimum absolute atomic E-state index is 0.419. The van der Waals surface area contributed by atoms with Gasteiger partial charge in [-0.3, -0.25) is 4.79 Å². The molecule has 1 atom stereocenters. The van der Waals surface area contributed by atoms with Gasteiger partial charge in [0, 0.05) is 18.8 Å². The second-order valence-corrected chi connectivity index (χ2v) is 3.24. The highest BCUT2D eigenvalue weighted by atomic mass is 16.1. The summed E-state index contributed by atoms with van der Waals surface area (Å²) in [6, 6.07) is 1.30. The number of nitrogens with zero attached hydrogens (tertiary/aromatic N) is 2. The van der Waals surface area contributed by atoms with Crippen molar-refractivity contribution in [2.75, 3.05) is 17.7 Å². The van der Waals surface area contributed by atoms with Crippen LogP contribution in [0.4, 0.5) is 11.8 Å². The first kappa shape index (κ1) is 11.2. The molecule has 0 aliphatic carbocycles. The van der Waals surface area contributed by atoms with E-state index in [4.69, 9.17) is 5.73 Å². The summed E-state index contributed by atoms with van der Waals surface area (Å²) < 4.78 is 0. The maximum absolute atomic E-state index is 10.8. The molecule has 0 spiro atoms. The minimum atomic E-state index is -0.455. The molecule has 82 valence electrons. The topological polar surface area (TPSA) is 92.9 Å². The maximum atomic E-state index is 10.8. The van der Waals surface area contributed by atoms with Crippen LogP contribution in [0.2, 0.25) is 0 Å². The smallest absolute Gasteiger partial charge is 0.239 e. The number of primary amides is 1. The highest BCUT2D eigenvalue weighted by molar-refractivity contribution is 5.82. The molecule has 0 aromatic carbocycles. The summed E-state index contributed by atoms with van der Waals surface area (Å²) >= 11 is 0. The average molecular weight is 209 g/mol. The van der Waals surface area contributed by atoms with Crippen LogP contribution in [0.15, 0.2) is 6.07 Å². The van der Waals surface area contributed by atoms with E-state index in [1.807, 2.05) is 6.92 Å². The fourth-order valence-electron chi connectivity index (χ4n) is 1.05. The molecule has 1 rings (SSSR count). The lowest BCUT2D eigenvalue weighted by Gasteiger charge is -2.11. The van der Waals surface area contributed by atoms with Gasteiger partial charge in [0.2, 0.25) is 11.9 Å². The second-order valence-electron chi connectivity index (χ2n) is 3.24. The molecular weight excluding hydrogens is 194 g/mol. The number of aryl methyl sites for hydroxylation is 1. The molecule has 15 heavy (non-hydrogen) atoms. The first-order valence-corrected chi connectivity index (χ1v) is 4.62. The Kier molecular flexibility index (Phi) is 3.43. The predicted molar refractivity (Wildman–Crippen MR) is 58.6 cm³/mol. The van der Waals surface area contributed by atoms with Crippen molar-refractivity contribution in [3.63, 3.8) is 0 Å². The number of anilines is 2. The van der Waals surface area contributed by atoms with E-state index in [1.54, 1.807) is 20.0 Å². The fraction of sp³-hybridized carbons (Fsp3) is 0.444. The molecule has 1 aromatic heterocycles. The molecule has 6 nitrogen and oxygen atoms in total. The van der Waals surface area contributed by atoms with Crippen molar-refractivity contribution < 1.29 is 4.79 Å². The summed E-state index contributed by atoms with van der Waals surface area (Å²) in [6.07, 6.45) is 0. The molecular formula is C9H15N5O. The molecule has 1 heterocycles. The molecule has 4 N–H and O–H groups in total. The first-order chi connectivity index (χ1) is 7.02. The number of hydrogen-bond acceptors (Lipinski definition) is 5. The predicted octanol–water partition coefficient (Wildman–Crippen LogP) is 0.112. The van der Waals surface area contributed by atoms with Crippen LogP contribution in [0, 0.1) is 6.92 Å². The monoisotopic (exact) mass is 209 g/mol. The molecule has 6 heteroatoms. The quantitative estimate of drug-likeness (QED) is 0.654. The Morgan fingerprint density at radius 2 is 2.20 bits per heavy atom. The van der Waals surface area contributed by atoms with Gasteiger partial charge in [0.1, 0.15) is 11.9 Å². The van der Waals surface area contributed by atoms with Crippen molar-refractivity contribution >= 4 is 17.7 Å². The highest BCUT2D eigenvalue weighted by Crippen LogP contribution is 2.09. The third kappa shape index (κ3) is 3.08. The van der Waals surface area contributed by atoms with Gasteiger partial charge >= 0.3 is 0 Å². The summed E-state index contributed by atoms with van der Waals surface area (Å²) in [4.78, 5) is 19.1. The van der Waals surface area contributed by atoms with Crippen LogP contribution in [0.1, 0.15) is 12.6 Å². The summed E-state index contributed by atoms with van der Waals surface area (Å²) in [5.74, 6) is 0.671. The zero-order valence-electron chi connectivity index (χ0n) is 9.03. The van der Waals surface area contributed by atoms with Gasteiger partial charge in [0.05, 0.1) is 0 Å². The van der Waals surface area contributed by atoms with Gasteiger partial charge in [0.15, 0.2) is 0 Å². The van der Waals surface area contributed by atoms with Gasteiger partial charge in [-0.25, -0.2) is 4.98 Å². The van der Waals surface area contributed by atoms with Crippen molar-refractivity contribution in [3.05, 3.63) is 11.8 Å². The normalized spacial score (nSPS) is 11.9. The lowest BCUT2D eigenvalue weighted by Crippen LogP contribution is -2.32. The minimum Gasteiger partial charge on any atom is -0.368 e. The van der Waals surface area contributed by atoms with Crippen LogP contribution in [0.5, 0.6) is 0 Å². The van der Waals surface area contributed by atoms with Crippen molar-refractivity contribution in [1.29, 1.82) is 0 Å². The number of amides is 1. The molecule has 0 radical (unpaired) electrons. The Balaban J connectivity index is 2.85. The Bertz CT molecular complexity index is 366. The number of rotatable bonds is 4. The third-order valence-electron chi connectivity index (χ3n) is 1.87. The van der Waals surface area contributed by atoms with Crippen molar-refractivity contribution in [2.24, 2.45) is 5.73 Å². The van der Waals surface area contributed by atoms with Crippen LogP contribution in [0.25, 0.3) is 0 Å². The number of aromatic nitrogens is 2. The SMILES string of the molecule is CNc1nc(C)cc(NC(C)C(N)=O)n1. The lowest BCUT2D eigenvalue weighted by atomic mass is 10.3. The molecule has 0 saturated carbocycles. The van der Waals surface area contributed by atoms with Crippen LogP contribution in [-0.4, -0.2) is 29.0 Å². The fourth-order valence-corrected chi connectivity index (χ4v) is 1.05. The van der Waals surface area contributed by atoms with Gasteiger partial charge in [-0.1, -0.05) is 0 Å². The van der Waals surface area contributed by atoms with E-state index in [0.29, 0.717) is 11.8 Å². The van der Waals surface area contributed by atoms with Gasteiger partial charge in [-0.2, -0.15) is 4.98 Å². The Labute approximate surface area is 88.3 Å². The summed E-state index contributed by atoms with van der Waals surface area (Å²) in [5.41, 5.74) is 5.95. The standard InChI is InChI=1S/C9H15N5O/c1-5-4-7(13-6(2)8(10)15)14-9(11-3)12-5/h4,6H,1-3H3,(H2,10,15)(H2,11,12,13,14). The van der Waals surface area contributed by atoms with E-state index in [9.17, 15) is 4.79 Å². The molecule has 1 aromatic rings. The zero-order valence-corrected chi connectivity index (χ0v) is 9.03. The van der Waals surface area contributed by atoms with Crippen LogP contribution < -0.4 is 16.4 Å². The number of carbonyl (C=O) groups excluding carboxylic acids is 1. The average Bonchev–Trinajstić information content (AvgIpc) is 2.16. The largest absolute Gasteiger partial charge is 0.368 e. The highest BCUT2D eigenvalue weighted by Gasteiger charge is 2.09. The van der Waals surface area contributed by atoms with Gasteiger partial charge in [0.25, 0.3) is 0 Å². The van der Waals surface area contributed by atoms with E-state index in [-0.39, 0.29) is 0 Å². The molecule has 0 fully saturated rings. The molecule has 0 bridgehead atoms. The van der Waals surface area contributed by atoms with Crippen molar-refractivity contribution in [1.82, 2.24) is 9.97 Å². The zero-order chi connectivity index (χ0) is 11.4. The first-order valence-electron chi connectivity index (χ1n) is 4.62. The van der Waals surface area contributed by atoms with E-state index in [2.05, 4.69) is 20.6 Å². The van der Waals surface area contributed by atoms with Gasteiger partial charge < -0.3 is 16.4 Å². The maximum Gasteiger partial charge on any atom is 0.239 e. The number of nitrogens with two attached hydrogens (primary N) is 1. The third-order valence-corrected chi connectivity index (χ3v) is 1.87. The number of carbonyl (C=O) groups is 1. The Morgan fingerprint density at radius 1 is 1.53 bits per heavy atom. The Morgan fingerprint density at radius 3 is 2.73 bits per heavy atom. The van der Waals surface area contributed by atoms with E-state index < -0.39 is 11.9 Å². The van der Waals surface area contributed by atoms with Crippen molar-refractivity contribution in [3.8, 4) is 0 Å². The summed E-state index contributed by atoms with van der Waals surface area (Å²) in [6.45, 7) is 3.53. The van der Waals surface area contributed by atoms with E-state index >= 15 is 0 Å². The van der Waals surface area contributed by atoms with E-state index in [0.717, 1.165) is 5.69 Å². The summed E-state index contributed by atoms with van der Waals surface area (Å²) in [5, 5.41) is 5.72. The molecule has 0 aliphatic rings. The molecule has 1 unspecified atom stereocenters. The van der Waals surface area contributed by atoms with Crippen LogP contribution in [-0.2, 0) is 4.79 Å².